The number of nitrogens with one attached hydrogen (secondary N) is 2. The van der Waals surface area contributed by atoms with Crippen molar-refractivity contribution in [3.63, 3.8) is 0 Å². The van der Waals surface area contributed by atoms with E-state index in [1.165, 1.54) is 11.3 Å². The van der Waals surface area contributed by atoms with Gasteiger partial charge in [-0.2, -0.15) is 5.10 Å². The van der Waals surface area contributed by atoms with Crippen LogP contribution in [0.3, 0.4) is 0 Å². The topological polar surface area (TPSA) is 99.6 Å². The maximum Gasteiger partial charge on any atom is 0.261 e. The molecule has 0 radical (unpaired) electrons. The van der Waals surface area contributed by atoms with Gasteiger partial charge in [0.15, 0.2) is 5.82 Å². The van der Waals surface area contributed by atoms with Crippen molar-refractivity contribution in [1.82, 2.24) is 20.0 Å². The zero-order chi connectivity index (χ0) is 25.6. The molecule has 0 fully saturated rings. The Hall–Kier alpha value is -3.66. The smallest absolute Gasteiger partial charge is 0.261 e. The number of fused-ring (bicyclic) bond motifs is 2. The molecule has 3 amide bonds. The van der Waals surface area contributed by atoms with Gasteiger partial charge in [0, 0.05) is 49.4 Å². The van der Waals surface area contributed by atoms with Crippen LogP contribution in [0.1, 0.15) is 56.7 Å². The van der Waals surface area contributed by atoms with Gasteiger partial charge in [0.25, 0.3) is 17.7 Å². The van der Waals surface area contributed by atoms with Gasteiger partial charge in [-0.05, 0) is 41.7 Å². The summed E-state index contributed by atoms with van der Waals surface area (Å²) in [6.45, 7) is 8.88. The number of carbonyl (C=O) groups is 3. The van der Waals surface area contributed by atoms with Crippen LogP contribution in [0.4, 0.5) is 17.3 Å². The monoisotopic (exact) mass is 506 g/mol. The van der Waals surface area contributed by atoms with Crippen LogP contribution >= 0.6 is 11.3 Å². The third-order valence-electron chi connectivity index (χ3n) is 6.37. The molecule has 0 spiro atoms. The van der Waals surface area contributed by atoms with E-state index in [2.05, 4.69) is 47.5 Å². The Morgan fingerprint density at radius 2 is 1.89 bits per heavy atom. The zero-order valence-electron chi connectivity index (χ0n) is 20.9. The first-order valence-electron chi connectivity index (χ1n) is 12.0. The van der Waals surface area contributed by atoms with Crippen LogP contribution in [0, 0.1) is 5.41 Å². The molecule has 188 valence electrons. The molecule has 2 aliphatic rings. The van der Waals surface area contributed by atoms with E-state index in [4.69, 9.17) is 0 Å². The molecular weight excluding hydrogens is 476 g/mol. The summed E-state index contributed by atoms with van der Waals surface area (Å²) in [5.41, 5.74) is 3.23. The maximum absolute atomic E-state index is 12.8. The predicted molar refractivity (Wildman–Crippen MR) is 140 cm³/mol. The molecule has 0 saturated heterocycles. The highest BCUT2D eigenvalue weighted by atomic mass is 32.1. The van der Waals surface area contributed by atoms with Gasteiger partial charge in [0.1, 0.15) is 5.82 Å². The summed E-state index contributed by atoms with van der Waals surface area (Å²) in [7, 11) is 1.83. The second kappa shape index (κ2) is 9.09. The van der Waals surface area contributed by atoms with Crippen LogP contribution < -0.4 is 15.5 Å². The van der Waals surface area contributed by atoms with Gasteiger partial charge in [-0.3, -0.25) is 14.4 Å². The Bertz CT molecular complexity index is 1350. The predicted octanol–water partition coefficient (Wildman–Crippen LogP) is 3.75. The van der Waals surface area contributed by atoms with E-state index >= 15 is 0 Å². The lowest BCUT2D eigenvalue weighted by Crippen LogP contribution is -2.34. The summed E-state index contributed by atoms with van der Waals surface area (Å²) in [5, 5.41) is 12.0. The number of benzene rings is 1. The van der Waals surface area contributed by atoms with Gasteiger partial charge >= 0.3 is 0 Å². The fourth-order valence-corrected chi connectivity index (χ4v) is 5.18. The Morgan fingerprint density at radius 1 is 1.08 bits per heavy atom. The van der Waals surface area contributed by atoms with Crippen LogP contribution in [-0.4, -0.2) is 59.1 Å². The number of carbonyl (C=O) groups excluding carboxylic acids is 3. The Labute approximate surface area is 214 Å². The lowest BCUT2D eigenvalue weighted by molar-refractivity contribution is 0.0780. The van der Waals surface area contributed by atoms with E-state index in [-0.39, 0.29) is 23.1 Å². The van der Waals surface area contributed by atoms with E-state index in [1.54, 1.807) is 16.3 Å². The molecule has 2 N–H and O–H groups in total. The minimum atomic E-state index is -0.305. The highest BCUT2D eigenvalue weighted by molar-refractivity contribution is 7.12. The van der Waals surface area contributed by atoms with Crippen molar-refractivity contribution in [2.45, 2.75) is 33.7 Å². The Balaban J connectivity index is 1.27. The third-order valence-corrected chi connectivity index (χ3v) is 7.30. The minimum absolute atomic E-state index is 0.0181. The first kappa shape index (κ1) is 24.1. The van der Waals surface area contributed by atoms with Crippen molar-refractivity contribution < 1.29 is 14.4 Å². The van der Waals surface area contributed by atoms with E-state index in [1.807, 2.05) is 29.9 Å². The SMILES string of the molecule is CN1CCc2cc(N3CCn4nc(NC(=O)c5csc(C(=O)NCC(C)(C)C)c5)cc43)ccc2C1=O. The van der Waals surface area contributed by atoms with E-state index in [0.29, 0.717) is 35.9 Å². The van der Waals surface area contributed by atoms with Gasteiger partial charge in [-0.15, -0.1) is 11.3 Å². The number of nitrogens with zero attached hydrogens (tertiary/aromatic N) is 4. The van der Waals surface area contributed by atoms with Crippen LogP contribution in [0.15, 0.2) is 35.7 Å². The van der Waals surface area contributed by atoms with Crippen molar-refractivity contribution in [1.29, 1.82) is 0 Å². The number of thiophene rings is 1. The number of hydrogen-bond donors (Lipinski definition) is 2. The summed E-state index contributed by atoms with van der Waals surface area (Å²) in [6.07, 6.45) is 0.830. The molecule has 10 heteroatoms. The molecule has 3 aromatic rings. The molecule has 4 heterocycles. The number of rotatable bonds is 5. The number of aromatic nitrogens is 2. The second-order valence-corrected chi connectivity index (χ2v) is 11.4. The summed E-state index contributed by atoms with van der Waals surface area (Å²) < 4.78 is 1.87. The quantitative estimate of drug-likeness (QED) is 0.549. The molecule has 0 unspecified atom stereocenters. The number of amides is 3. The van der Waals surface area contributed by atoms with Crippen LogP contribution in [0.2, 0.25) is 0 Å². The molecule has 2 aromatic heterocycles. The molecule has 0 saturated carbocycles. The maximum atomic E-state index is 12.8. The molecule has 36 heavy (non-hydrogen) atoms. The molecule has 1 aromatic carbocycles. The first-order valence-corrected chi connectivity index (χ1v) is 12.9. The standard InChI is InChI=1S/C26H30N6O3S/c1-26(2,3)15-27-24(34)20-12-17(14-36-20)23(33)28-21-13-22-31(9-10-32(22)29-21)18-5-6-19-16(11-18)7-8-30(4)25(19)35/h5-6,11-14H,7-10,15H2,1-4H3,(H,27,34)(H,28,29,33). The average Bonchev–Trinajstić information content (AvgIpc) is 3.55. The van der Waals surface area contributed by atoms with Crippen LogP contribution in [-0.2, 0) is 13.0 Å². The van der Waals surface area contributed by atoms with Crippen LogP contribution in [0.25, 0.3) is 0 Å². The lowest BCUT2D eigenvalue weighted by atomic mass is 9.97. The van der Waals surface area contributed by atoms with Crippen molar-refractivity contribution in [3.05, 3.63) is 57.3 Å². The number of hydrogen-bond acceptors (Lipinski definition) is 6. The fraction of sp³-hybridized carbons (Fsp3) is 0.385. The summed E-state index contributed by atoms with van der Waals surface area (Å²) in [5.74, 6) is 0.920. The van der Waals surface area contributed by atoms with Gasteiger partial charge in [-0.1, -0.05) is 20.8 Å². The number of likely N-dealkylation sites (N-methyl/N-ethyl adjacent to an activating group) is 1. The van der Waals surface area contributed by atoms with Crippen LogP contribution in [0.5, 0.6) is 0 Å². The van der Waals surface area contributed by atoms with Gasteiger partial charge in [0.05, 0.1) is 17.0 Å². The first-order chi connectivity index (χ1) is 17.1. The molecule has 0 bridgehead atoms. The molecule has 9 nitrogen and oxygen atoms in total. The molecule has 0 aliphatic carbocycles. The number of anilines is 3. The highest BCUT2D eigenvalue weighted by Crippen LogP contribution is 2.34. The molecule has 2 aliphatic heterocycles. The fourth-order valence-electron chi connectivity index (χ4n) is 4.37. The zero-order valence-corrected chi connectivity index (χ0v) is 21.7. The molecule has 0 atom stereocenters. The lowest BCUT2D eigenvalue weighted by Gasteiger charge is -2.26. The van der Waals surface area contributed by atoms with Crippen molar-refractivity contribution >= 4 is 46.4 Å². The molecular formula is C26H30N6O3S. The third kappa shape index (κ3) is 4.73. The molecule has 5 rings (SSSR count). The Kier molecular flexibility index (Phi) is 6.07. The Morgan fingerprint density at radius 3 is 2.67 bits per heavy atom. The largest absolute Gasteiger partial charge is 0.351 e. The van der Waals surface area contributed by atoms with Gasteiger partial charge in [-0.25, -0.2) is 4.68 Å². The summed E-state index contributed by atoms with van der Waals surface area (Å²) in [6, 6.07) is 9.41. The van der Waals surface area contributed by atoms with Crippen molar-refractivity contribution in [3.8, 4) is 0 Å². The summed E-state index contributed by atoms with van der Waals surface area (Å²) >= 11 is 1.25. The van der Waals surface area contributed by atoms with Crippen molar-refractivity contribution in [2.75, 3.05) is 36.9 Å². The van der Waals surface area contributed by atoms with E-state index in [9.17, 15) is 14.4 Å². The van der Waals surface area contributed by atoms with Crippen molar-refractivity contribution in [2.24, 2.45) is 5.41 Å². The summed E-state index contributed by atoms with van der Waals surface area (Å²) in [4.78, 5) is 42.0. The van der Waals surface area contributed by atoms with Gasteiger partial charge in [0.2, 0.25) is 0 Å². The highest BCUT2D eigenvalue weighted by Gasteiger charge is 2.27. The van der Waals surface area contributed by atoms with E-state index in [0.717, 1.165) is 35.6 Å². The minimum Gasteiger partial charge on any atom is -0.351 e. The van der Waals surface area contributed by atoms with Gasteiger partial charge < -0.3 is 20.4 Å². The normalized spacial score (nSPS) is 15.1. The second-order valence-electron chi connectivity index (χ2n) is 10.5. The average molecular weight is 507 g/mol. The van der Waals surface area contributed by atoms with E-state index < -0.39 is 0 Å².